The molecule has 0 radical (unpaired) electrons. The van der Waals surface area contributed by atoms with Crippen LogP contribution < -0.4 is 9.47 Å². The van der Waals surface area contributed by atoms with E-state index in [0.717, 1.165) is 38.5 Å². The van der Waals surface area contributed by atoms with E-state index in [-0.39, 0.29) is 35.7 Å². The second kappa shape index (κ2) is 15.4. The van der Waals surface area contributed by atoms with Crippen LogP contribution >= 0.6 is 0 Å². The van der Waals surface area contributed by atoms with Gasteiger partial charge in [0.05, 0.1) is 18.7 Å². The first-order valence-corrected chi connectivity index (χ1v) is 9.90. The van der Waals surface area contributed by atoms with E-state index in [4.69, 9.17) is 15.0 Å². The molecule has 0 aliphatic heterocycles. The molecule has 0 aromatic heterocycles. The number of hydrogen-bond donors (Lipinski definition) is 0. The zero-order valence-electron chi connectivity index (χ0n) is 19.7. The van der Waals surface area contributed by atoms with E-state index in [1.807, 2.05) is 0 Å². The van der Waals surface area contributed by atoms with Crippen LogP contribution in [0.3, 0.4) is 0 Å². The van der Waals surface area contributed by atoms with Crippen LogP contribution in [0.4, 0.5) is 0 Å². The molecule has 0 atom stereocenters. The predicted molar refractivity (Wildman–Crippen MR) is 104 cm³/mol. The molecule has 0 heterocycles. The summed E-state index contributed by atoms with van der Waals surface area (Å²) in [6.07, 6.45) is 13.5. The van der Waals surface area contributed by atoms with Gasteiger partial charge in [0.15, 0.2) is 0 Å². The minimum Gasteiger partial charge on any atom is -0.494 e. The fourth-order valence-corrected chi connectivity index (χ4v) is 2.55. The Balaban J connectivity index is 2.52. The molecule has 0 aliphatic rings. The molecule has 0 N–H and O–H groups in total. The van der Waals surface area contributed by atoms with Gasteiger partial charge in [-0.2, -0.15) is 0 Å². The van der Waals surface area contributed by atoms with Crippen molar-refractivity contribution in [3.8, 4) is 11.5 Å². The molecule has 1 aromatic rings. The highest BCUT2D eigenvalue weighted by molar-refractivity contribution is 5.31. The van der Waals surface area contributed by atoms with Crippen molar-refractivity contribution in [2.75, 3.05) is 13.2 Å². The van der Waals surface area contributed by atoms with E-state index in [0.29, 0.717) is 13.2 Å². The Kier molecular flexibility index (Phi) is 9.66. The van der Waals surface area contributed by atoms with E-state index in [1.165, 1.54) is 38.5 Å². The van der Waals surface area contributed by atoms with Crippen LogP contribution in [0, 0.1) is 0 Å². The lowest BCUT2D eigenvalue weighted by Gasteiger charge is -2.09. The van der Waals surface area contributed by atoms with Crippen molar-refractivity contribution in [3.05, 3.63) is 24.2 Å². The lowest BCUT2D eigenvalue weighted by atomic mass is 10.1. The standard InChI is InChI=1S/C22H38O2/c1-3-5-7-9-11-13-19-23-21-15-17-22(18-16-21)24-20-14-12-10-8-6-4-2/h15-18H,3-14,19-20H2,1-2H3/i15D,16D,17D,18D. The largest absolute Gasteiger partial charge is 0.494 e. The van der Waals surface area contributed by atoms with Crippen LogP contribution in [-0.4, -0.2) is 13.2 Å². The normalized spacial score (nSPS) is 13.1. The molecule has 1 aromatic carbocycles. The van der Waals surface area contributed by atoms with Crippen LogP contribution in [0.25, 0.3) is 0 Å². The number of benzene rings is 1. The van der Waals surface area contributed by atoms with E-state index < -0.39 is 0 Å². The first-order chi connectivity index (χ1) is 13.5. The molecule has 0 amide bonds. The zero-order chi connectivity index (χ0) is 20.8. The second-order valence-electron chi connectivity index (χ2n) is 6.39. The van der Waals surface area contributed by atoms with Crippen molar-refractivity contribution in [2.24, 2.45) is 0 Å². The third-order valence-corrected chi connectivity index (χ3v) is 4.07. The van der Waals surface area contributed by atoms with Gasteiger partial charge in [-0.1, -0.05) is 78.1 Å². The fourth-order valence-electron chi connectivity index (χ4n) is 2.55. The maximum absolute atomic E-state index is 8.14. The van der Waals surface area contributed by atoms with Gasteiger partial charge in [-0.25, -0.2) is 0 Å². The van der Waals surface area contributed by atoms with Gasteiger partial charge in [0.2, 0.25) is 0 Å². The second-order valence-corrected chi connectivity index (χ2v) is 6.39. The van der Waals surface area contributed by atoms with Gasteiger partial charge in [-0.3, -0.25) is 0 Å². The van der Waals surface area contributed by atoms with Gasteiger partial charge >= 0.3 is 0 Å². The highest BCUT2D eigenvalue weighted by atomic mass is 16.5. The summed E-state index contributed by atoms with van der Waals surface area (Å²) >= 11 is 0. The van der Waals surface area contributed by atoms with Gasteiger partial charge in [0, 0.05) is 0 Å². The molecule has 138 valence electrons. The first kappa shape index (κ1) is 15.1. The fraction of sp³-hybridized carbons (Fsp3) is 0.727. The Hall–Kier alpha value is -1.18. The lowest BCUT2D eigenvalue weighted by Crippen LogP contribution is -1.99. The molecule has 24 heavy (non-hydrogen) atoms. The summed E-state index contributed by atoms with van der Waals surface area (Å²) in [5.41, 5.74) is 0. The molecule has 2 nitrogen and oxygen atoms in total. The zero-order valence-corrected chi connectivity index (χ0v) is 15.7. The van der Waals surface area contributed by atoms with E-state index in [2.05, 4.69) is 13.8 Å². The molecule has 2 heteroatoms. The third-order valence-electron chi connectivity index (χ3n) is 4.07. The molecule has 1 rings (SSSR count). The molecule has 0 fully saturated rings. The number of rotatable bonds is 16. The third kappa shape index (κ3) is 11.4. The minimum absolute atomic E-state index is 0.0375. The maximum Gasteiger partial charge on any atom is 0.119 e. The highest BCUT2D eigenvalue weighted by Gasteiger charge is 1.98. The van der Waals surface area contributed by atoms with Crippen LogP contribution in [0.1, 0.15) is 96.4 Å². The van der Waals surface area contributed by atoms with Crippen molar-refractivity contribution in [2.45, 2.75) is 90.9 Å². The molecule has 0 aliphatic carbocycles. The number of ether oxygens (including phenoxy) is 2. The van der Waals surface area contributed by atoms with Gasteiger partial charge in [-0.15, -0.1) is 0 Å². The van der Waals surface area contributed by atoms with Crippen LogP contribution in [0.2, 0.25) is 0 Å². The van der Waals surface area contributed by atoms with Crippen molar-refractivity contribution < 1.29 is 15.0 Å². The average Bonchev–Trinajstić information content (AvgIpc) is 2.69. The summed E-state index contributed by atoms with van der Waals surface area (Å²) in [7, 11) is 0. The molecule has 0 spiro atoms. The summed E-state index contributed by atoms with van der Waals surface area (Å²) in [6.45, 7) is 5.21. The summed E-state index contributed by atoms with van der Waals surface area (Å²) in [4.78, 5) is 0. The van der Waals surface area contributed by atoms with Crippen molar-refractivity contribution in [1.29, 1.82) is 0 Å². The number of hydrogen-bond acceptors (Lipinski definition) is 2. The van der Waals surface area contributed by atoms with E-state index in [1.54, 1.807) is 0 Å². The molecular formula is C22H38O2. The Morgan fingerprint density at radius 1 is 0.583 bits per heavy atom. The van der Waals surface area contributed by atoms with E-state index >= 15 is 0 Å². The molecule has 0 saturated carbocycles. The quantitative estimate of drug-likeness (QED) is 0.297. The van der Waals surface area contributed by atoms with Gasteiger partial charge in [0.25, 0.3) is 0 Å². The smallest absolute Gasteiger partial charge is 0.119 e. The lowest BCUT2D eigenvalue weighted by molar-refractivity contribution is 0.296. The first-order valence-electron chi connectivity index (χ1n) is 11.9. The monoisotopic (exact) mass is 338 g/mol. The van der Waals surface area contributed by atoms with Gasteiger partial charge in [0.1, 0.15) is 11.5 Å². The summed E-state index contributed by atoms with van der Waals surface area (Å²) in [5.74, 6) is 0.0750. The molecule has 0 bridgehead atoms. The molecular weight excluding hydrogens is 296 g/mol. The van der Waals surface area contributed by atoms with Crippen molar-refractivity contribution >= 4 is 0 Å². The van der Waals surface area contributed by atoms with Gasteiger partial charge < -0.3 is 9.47 Å². The van der Waals surface area contributed by atoms with Crippen LogP contribution in [-0.2, 0) is 0 Å². The highest BCUT2D eigenvalue weighted by Crippen LogP contribution is 2.18. The van der Waals surface area contributed by atoms with Crippen LogP contribution in [0.5, 0.6) is 11.5 Å². The van der Waals surface area contributed by atoms with Crippen LogP contribution in [0.15, 0.2) is 24.2 Å². The summed E-state index contributed by atoms with van der Waals surface area (Å²) in [6, 6.07) is -0.593. The molecule has 0 unspecified atom stereocenters. The Bertz CT molecular complexity index is 486. The number of unbranched alkanes of at least 4 members (excludes halogenated alkanes) is 10. The van der Waals surface area contributed by atoms with Gasteiger partial charge in [-0.05, 0) is 37.0 Å². The SMILES string of the molecule is [2H]c1c([2H])c(OCCCCCCCC)c([2H])c([2H])c1OCCCCCCCC. The van der Waals surface area contributed by atoms with Crippen molar-refractivity contribution in [3.63, 3.8) is 0 Å². The average molecular weight is 339 g/mol. The topological polar surface area (TPSA) is 18.5 Å². The Morgan fingerprint density at radius 3 is 1.29 bits per heavy atom. The summed E-state index contributed by atoms with van der Waals surface area (Å²) < 4.78 is 43.8. The minimum atomic E-state index is -0.148. The predicted octanol–water partition coefficient (Wildman–Crippen LogP) is 7.17. The summed E-state index contributed by atoms with van der Waals surface area (Å²) in [5, 5.41) is 0. The molecule has 0 saturated heterocycles. The maximum atomic E-state index is 8.14. The Labute approximate surface area is 155 Å². The van der Waals surface area contributed by atoms with E-state index in [9.17, 15) is 0 Å². The Morgan fingerprint density at radius 2 is 0.917 bits per heavy atom. The van der Waals surface area contributed by atoms with Crippen molar-refractivity contribution in [1.82, 2.24) is 0 Å².